The number of imidazole rings is 1. The number of hydrogen-bond acceptors (Lipinski definition) is 6. The number of fused-ring (bicyclic) bond motifs is 2. The van der Waals surface area contributed by atoms with Crippen LogP contribution in [0.2, 0.25) is 0 Å². The van der Waals surface area contributed by atoms with Gasteiger partial charge >= 0.3 is 0 Å². The Hall–Kier alpha value is -4.79. The highest BCUT2D eigenvalue weighted by molar-refractivity contribution is 5.97. The average molecular weight is 452 g/mol. The van der Waals surface area contributed by atoms with Crippen LogP contribution in [0.25, 0.3) is 55.8 Å². The lowest BCUT2D eigenvalue weighted by Gasteiger charge is -2.04. The Bertz CT molecular complexity index is 1670. The van der Waals surface area contributed by atoms with E-state index in [1.807, 2.05) is 30.3 Å². The number of phenols is 1. The van der Waals surface area contributed by atoms with Crippen molar-refractivity contribution in [3.05, 3.63) is 72.9 Å². The number of methoxy groups -OCH3 is 1. The van der Waals surface area contributed by atoms with E-state index in [0.29, 0.717) is 39.6 Å². The summed E-state index contributed by atoms with van der Waals surface area (Å²) in [4.78, 5) is 16.8. The van der Waals surface area contributed by atoms with E-state index in [0.717, 1.165) is 28.0 Å². The molecule has 6 rings (SSSR count). The van der Waals surface area contributed by atoms with Gasteiger partial charge in [-0.2, -0.15) is 5.10 Å². The molecule has 9 heteroatoms. The summed E-state index contributed by atoms with van der Waals surface area (Å²) in [5, 5.41) is 18.1. The van der Waals surface area contributed by atoms with Crippen molar-refractivity contribution < 1.29 is 14.2 Å². The molecule has 0 aliphatic rings. The van der Waals surface area contributed by atoms with Gasteiger partial charge in [0, 0.05) is 28.8 Å². The first-order chi connectivity index (χ1) is 16.6. The number of aromatic nitrogens is 6. The van der Waals surface area contributed by atoms with E-state index < -0.39 is 5.82 Å². The highest BCUT2D eigenvalue weighted by Crippen LogP contribution is 2.34. The Morgan fingerprint density at radius 2 is 1.88 bits per heavy atom. The molecule has 0 saturated carbocycles. The topological polar surface area (TPSA) is 113 Å². The fourth-order valence-corrected chi connectivity index (χ4v) is 4.03. The predicted octanol–water partition coefficient (Wildman–Crippen LogP) is 5.08. The molecule has 166 valence electrons. The summed E-state index contributed by atoms with van der Waals surface area (Å²) in [6.45, 7) is 0. The van der Waals surface area contributed by atoms with E-state index in [1.165, 1.54) is 12.1 Å². The second kappa shape index (κ2) is 7.66. The van der Waals surface area contributed by atoms with Crippen molar-refractivity contribution in [3.63, 3.8) is 0 Å². The number of pyridine rings is 2. The number of nitrogens with zero attached hydrogens (tertiary/aromatic N) is 4. The zero-order valence-corrected chi connectivity index (χ0v) is 17.9. The van der Waals surface area contributed by atoms with Gasteiger partial charge in [0.05, 0.1) is 41.7 Å². The van der Waals surface area contributed by atoms with E-state index in [4.69, 9.17) is 9.72 Å². The molecule has 0 bridgehead atoms. The van der Waals surface area contributed by atoms with E-state index in [2.05, 4.69) is 25.1 Å². The van der Waals surface area contributed by atoms with Crippen molar-refractivity contribution in [2.45, 2.75) is 0 Å². The van der Waals surface area contributed by atoms with Gasteiger partial charge < -0.3 is 14.8 Å². The molecular formula is C25H17FN6O2. The Labute approximate surface area is 192 Å². The molecule has 2 aromatic carbocycles. The fraction of sp³-hybridized carbons (Fsp3) is 0.0400. The van der Waals surface area contributed by atoms with Gasteiger partial charge in [0.1, 0.15) is 23.0 Å². The largest absolute Gasteiger partial charge is 0.508 e. The normalized spacial score (nSPS) is 11.4. The van der Waals surface area contributed by atoms with Crippen molar-refractivity contribution in [2.24, 2.45) is 0 Å². The molecule has 34 heavy (non-hydrogen) atoms. The Balaban J connectivity index is 1.49. The van der Waals surface area contributed by atoms with Crippen LogP contribution in [0.5, 0.6) is 11.5 Å². The van der Waals surface area contributed by atoms with Crippen molar-refractivity contribution in [1.82, 2.24) is 30.1 Å². The van der Waals surface area contributed by atoms with Crippen molar-refractivity contribution >= 4 is 21.9 Å². The number of phenolic OH excluding ortho intramolecular Hbond substituents is 1. The average Bonchev–Trinajstić information content (AvgIpc) is 3.46. The summed E-state index contributed by atoms with van der Waals surface area (Å²) in [6, 6.07) is 13.3. The van der Waals surface area contributed by atoms with E-state index in [-0.39, 0.29) is 5.75 Å². The minimum Gasteiger partial charge on any atom is -0.508 e. The number of rotatable bonds is 4. The van der Waals surface area contributed by atoms with Crippen LogP contribution >= 0.6 is 0 Å². The smallest absolute Gasteiger partial charge is 0.159 e. The van der Waals surface area contributed by atoms with Crippen molar-refractivity contribution in [3.8, 4) is 45.4 Å². The lowest BCUT2D eigenvalue weighted by atomic mass is 10.0. The molecule has 0 saturated heterocycles. The summed E-state index contributed by atoms with van der Waals surface area (Å²) in [6.07, 6.45) is 5.07. The highest BCUT2D eigenvalue weighted by Gasteiger charge is 2.17. The number of para-hydroxylation sites is 1. The first kappa shape index (κ1) is 19.9. The summed E-state index contributed by atoms with van der Waals surface area (Å²) in [5.41, 5.74) is 5.54. The lowest BCUT2D eigenvalue weighted by molar-refractivity contribution is 0.413. The first-order valence-corrected chi connectivity index (χ1v) is 10.4. The van der Waals surface area contributed by atoms with Crippen LogP contribution < -0.4 is 4.74 Å². The highest BCUT2D eigenvalue weighted by atomic mass is 19.1. The van der Waals surface area contributed by atoms with Crippen LogP contribution in [0.15, 0.2) is 67.1 Å². The standard InChI is InChI=1S/C25H17FN6O2/c1-34-17-7-14(10-27-11-17)21-9-19-22(12-28-21)31-32-24(19)25-29-20-4-2-3-18(23(20)30-25)13-5-15(26)8-16(33)6-13/h2-12,33H,1H3,(H,29,30)(H,31,32). The number of halogens is 1. The van der Waals surface area contributed by atoms with Gasteiger partial charge in [-0.1, -0.05) is 12.1 Å². The minimum absolute atomic E-state index is 0.145. The number of ether oxygens (including phenoxy) is 1. The van der Waals surface area contributed by atoms with E-state index >= 15 is 0 Å². The molecule has 0 spiro atoms. The second-order valence-corrected chi connectivity index (χ2v) is 7.79. The molecule has 0 amide bonds. The number of nitrogens with one attached hydrogen (secondary N) is 2. The number of hydrogen-bond donors (Lipinski definition) is 3. The molecule has 0 aliphatic carbocycles. The van der Waals surface area contributed by atoms with Crippen LogP contribution in [0.4, 0.5) is 4.39 Å². The Morgan fingerprint density at radius 1 is 0.971 bits per heavy atom. The molecule has 4 aromatic heterocycles. The van der Waals surface area contributed by atoms with Crippen LogP contribution in [-0.4, -0.2) is 42.3 Å². The van der Waals surface area contributed by atoms with Gasteiger partial charge in [-0.3, -0.25) is 15.1 Å². The van der Waals surface area contributed by atoms with E-state index in [9.17, 15) is 9.50 Å². The maximum atomic E-state index is 13.9. The quantitative estimate of drug-likeness (QED) is 0.344. The van der Waals surface area contributed by atoms with Crippen molar-refractivity contribution in [2.75, 3.05) is 7.11 Å². The van der Waals surface area contributed by atoms with Gasteiger partial charge in [-0.15, -0.1) is 0 Å². The number of aromatic amines is 2. The Kier molecular flexibility index (Phi) is 4.48. The third-order valence-corrected chi connectivity index (χ3v) is 5.62. The lowest BCUT2D eigenvalue weighted by Crippen LogP contribution is -1.89. The third-order valence-electron chi connectivity index (χ3n) is 5.62. The summed E-state index contributed by atoms with van der Waals surface area (Å²) in [5.74, 6) is 0.525. The molecule has 0 aliphatic heterocycles. The zero-order valence-electron chi connectivity index (χ0n) is 17.9. The minimum atomic E-state index is -0.520. The Morgan fingerprint density at radius 3 is 2.74 bits per heavy atom. The number of H-pyrrole nitrogens is 2. The van der Waals surface area contributed by atoms with Gasteiger partial charge in [0.25, 0.3) is 0 Å². The molecule has 0 atom stereocenters. The van der Waals surface area contributed by atoms with Gasteiger partial charge in [-0.05, 0) is 35.9 Å². The second-order valence-electron chi connectivity index (χ2n) is 7.79. The molecule has 0 radical (unpaired) electrons. The number of aromatic hydroxyl groups is 1. The number of benzene rings is 2. The predicted molar refractivity (Wildman–Crippen MR) is 126 cm³/mol. The van der Waals surface area contributed by atoms with Crippen LogP contribution in [0.1, 0.15) is 0 Å². The summed E-state index contributed by atoms with van der Waals surface area (Å²) in [7, 11) is 1.59. The SMILES string of the molecule is COc1cncc(-c2cc3c(-c4nc5c(-c6cc(O)cc(F)c6)cccc5[nH]4)n[nH]c3cn2)c1. The molecule has 4 heterocycles. The molecule has 6 aromatic rings. The van der Waals surface area contributed by atoms with Gasteiger partial charge in [0.2, 0.25) is 0 Å². The maximum absolute atomic E-state index is 13.9. The molecule has 3 N–H and O–H groups in total. The summed E-state index contributed by atoms with van der Waals surface area (Å²) < 4.78 is 19.2. The fourth-order valence-electron chi connectivity index (χ4n) is 4.03. The van der Waals surface area contributed by atoms with Crippen LogP contribution in [0.3, 0.4) is 0 Å². The van der Waals surface area contributed by atoms with Crippen LogP contribution in [-0.2, 0) is 0 Å². The van der Waals surface area contributed by atoms with Gasteiger partial charge in [0.15, 0.2) is 5.82 Å². The van der Waals surface area contributed by atoms with Crippen LogP contribution in [0, 0.1) is 5.82 Å². The van der Waals surface area contributed by atoms with Crippen molar-refractivity contribution in [1.29, 1.82) is 0 Å². The molecule has 0 unspecified atom stereocenters. The maximum Gasteiger partial charge on any atom is 0.159 e. The third kappa shape index (κ3) is 3.30. The monoisotopic (exact) mass is 452 g/mol. The molecule has 8 nitrogen and oxygen atoms in total. The first-order valence-electron chi connectivity index (χ1n) is 10.4. The van der Waals surface area contributed by atoms with Gasteiger partial charge in [-0.25, -0.2) is 9.37 Å². The zero-order chi connectivity index (χ0) is 23.2. The molecule has 0 fully saturated rings. The molecular weight excluding hydrogens is 435 g/mol. The summed E-state index contributed by atoms with van der Waals surface area (Å²) >= 11 is 0. The van der Waals surface area contributed by atoms with E-state index in [1.54, 1.807) is 25.7 Å².